The van der Waals surface area contributed by atoms with Gasteiger partial charge in [0.15, 0.2) is 69.4 Å². The molecular weight excluding hydrogens is 1530 g/mol. The summed E-state index contributed by atoms with van der Waals surface area (Å²) in [6, 6.07) is 93.8. The number of hydrogen-bond acceptors (Lipinski definition) is 21. The van der Waals surface area contributed by atoms with Crippen molar-refractivity contribution in [1.82, 2.24) is 118 Å². The second-order valence-corrected chi connectivity index (χ2v) is 28.7. The van der Waals surface area contributed by atoms with Crippen LogP contribution >= 0.6 is 0 Å². The first-order valence-electron chi connectivity index (χ1n) is 39.5. The third-order valence-corrected chi connectivity index (χ3v) is 21.1. The monoisotopic (exact) mass is 1580 g/mol. The number of hydrogen-bond donors (Lipinski definition) is 0. The maximum atomic E-state index is 5.16. The summed E-state index contributed by atoms with van der Waals surface area (Å²) in [6.45, 7) is 0. The summed E-state index contributed by atoms with van der Waals surface area (Å²) >= 11 is 0. The highest BCUT2D eigenvalue weighted by Gasteiger charge is 2.23. The van der Waals surface area contributed by atoms with E-state index >= 15 is 0 Å². The summed E-state index contributed by atoms with van der Waals surface area (Å²) in [5.41, 5.74) is 20.3. The van der Waals surface area contributed by atoms with E-state index in [0.29, 0.717) is 63.8 Å². The molecule has 0 unspecified atom stereocenters. The molecule has 0 saturated heterocycles. The molecule has 0 spiro atoms. The molecule has 18 heterocycles. The lowest BCUT2D eigenvalue weighted by atomic mass is 10.0. The van der Waals surface area contributed by atoms with Gasteiger partial charge in [-0.15, -0.1) is 0 Å². The normalized spacial score (nSPS) is 11.4. The lowest BCUT2D eigenvalue weighted by Gasteiger charge is -2.11. The van der Waals surface area contributed by atoms with E-state index in [9.17, 15) is 0 Å². The molecule has 0 saturated carbocycles. The second-order valence-electron chi connectivity index (χ2n) is 28.7. The van der Waals surface area contributed by atoms with Crippen LogP contribution < -0.4 is 0 Å². The molecule has 0 N–H and O–H groups in total. The Morgan fingerprint density at radius 1 is 0.179 bits per heavy atom. The molecule has 0 atom stereocenters. The molecule has 0 aliphatic rings. The molecule has 24 nitrogen and oxygen atoms in total. The first kappa shape index (κ1) is 71.8. The van der Waals surface area contributed by atoms with Gasteiger partial charge >= 0.3 is 0 Å². The van der Waals surface area contributed by atoms with Crippen molar-refractivity contribution < 1.29 is 0 Å². The van der Waals surface area contributed by atoms with Crippen LogP contribution in [0.25, 0.3) is 219 Å². The molecule has 6 aromatic carbocycles. The number of benzene rings is 6. The zero-order valence-corrected chi connectivity index (χ0v) is 64.9. The molecule has 576 valence electrons. The van der Waals surface area contributed by atoms with Crippen LogP contribution in [0.3, 0.4) is 0 Å². The van der Waals surface area contributed by atoms with Crippen molar-refractivity contribution in [3.05, 3.63) is 366 Å². The summed E-state index contributed by atoms with van der Waals surface area (Å²) < 4.78 is 6.09. The molecule has 0 bridgehead atoms. The topological polar surface area (TPSA) is 284 Å². The fraction of sp³-hybridized carbons (Fsp3) is 0. The molecule has 0 amide bonds. The molecule has 0 aliphatic heterocycles. The number of nitrogens with zero attached hydrogens (tertiary/aromatic N) is 24. The SMILES string of the molecule is c1ccc(-c2nc(-c3cccc(-c4nc5c(nc6ccccn65)c5ccccc45)c3)nc(-c3ccccn3)n2)nc1.c1cncc(-c2nc(-c3cccnc3)nc(-c3cccc(-c4nc5c(nc6ccccn65)c5ccccc45)c3)n2)c1.c1cncc(-c2nc(-c3ccncc3)nc(-c3cccc(-c4nc5c(nc6ccccn65)c5ccccc45)c3)n2)c1. The smallest absolute Gasteiger partial charge is 0.182 e. The van der Waals surface area contributed by atoms with E-state index in [0.717, 1.165) is 155 Å². The van der Waals surface area contributed by atoms with Gasteiger partial charge in [0.1, 0.15) is 44.9 Å². The number of rotatable bonds is 12. The minimum Gasteiger partial charge on any atom is -0.284 e. The van der Waals surface area contributed by atoms with Gasteiger partial charge in [0.05, 0.1) is 17.1 Å². The molecule has 24 heteroatoms. The summed E-state index contributed by atoms with van der Waals surface area (Å²) in [4.78, 5) is 99.4. The van der Waals surface area contributed by atoms with Gasteiger partial charge in [-0.3, -0.25) is 43.1 Å². The Morgan fingerprint density at radius 2 is 0.472 bits per heavy atom. The Hall–Kier alpha value is -17.7. The highest BCUT2D eigenvalue weighted by atomic mass is 15.1. The Balaban J connectivity index is 0.000000110. The summed E-state index contributed by atoms with van der Waals surface area (Å²) in [5, 5.41) is 6.25. The van der Waals surface area contributed by atoms with Crippen LogP contribution in [0.4, 0.5) is 0 Å². The number of aromatic nitrogens is 24. The van der Waals surface area contributed by atoms with Crippen molar-refractivity contribution in [3.63, 3.8) is 0 Å². The Bertz CT molecular complexity index is 7210. The zero-order chi connectivity index (χ0) is 81.5. The number of imidazole rings is 3. The average Bonchev–Trinajstić information content (AvgIpc) is 1.65. The maximum Gasteiger partial charge on any atom is 0.182 e. The van der Waals surface area contributed by atoms with E-state index in [1.165, 1.54) is 0 Å². The maximum absolute atomic E-state index is 5.16. The molecule has 0 radical (unpaired) electrons. The van der Waals surface area contributed by atoms with Crippen LogP contribution in [0.2, 0.25) is 0 Å². The van der Waals surface area contributed by atoms with Gasteiger partial charge in [0.2, 0.25) is 0 Å². The van der Waals surface area contributed by atoms with Gasteiger partial charge in [-0.25, -0.2) is 74.8 Å². The quantitative estimate of drug-likeness (QED) is 0.110. The van der Waals surface area contributed by atoms with Gasteiger partial charge in [-0.1, -0.05) is 158 Å². The van der Waals surface area contributed by atoms with Gasteiger partial charge in [-0.05, 0) is 127 Å². The van der Waals surface area contributed by atoms with Crippen LogP contribution in [0.1, 0.15) is 0 Å². The summed E-state index contributed by atoms with van der Waals surface area (Å²) in [7, 11) is 0. The third-order valence-electron chi connectivity index (χ3n) is 21.1. The van der Waals surface area contributed by atoms with E-state index in [2.05, 4.69) is 103 Å². The predicted molar refractivity (Wildman–Crippen MR) is 476 cm³/mol. The average molecular weight is 1590 g/mol. The molecule has 123 heavy (non-hydrogen) atoms. The van der Waals surface area contributed by atoms with Crippen LogP contribution in [0, 0.1) is 0 Å². The largest absolute Gasteiger partial charge is 0.284 e. The van der Waals surface area contributed by atoms with E-state index in [4.69, 9.17) is 74.8 Å². The van der Waals surface area contributed by atoms with Crippen molar-refractivity contribution in [2.24, 2.45) is 0 Å². The van der Waals surface area contributed by atoms with Crippen molar-refractivity contribution in [3.8, 4) is 137 Å². The predicted octanol–water partition coefficient (Wildman–Crippen LogP) is 20.0. The first-order valence-corrected chi connectivity index (χ1v) is 39.5. The summed E-state index contributed by atoms with van der Waals surface area (Å²) in [6.07, 6.45) is 23.4. The van der Waals surface area contributed by atoms with E-state index < -0.39 is 0 Å². The fourth-order valence-corrected chi connectivity index (χ4v) is 15.3. The van der Waals surface area contributed by atoms with Crippen LogP contribution in [-0.2, 0) is 0 Å². The highest BCUT2D eigenvalue weighted by molar-refractivity contribution is 6.12. The zero-order valence-electron chi connectivity index (χ0n) is 64.9. The minimum absolute atomic E-state index is 0.484. The lowest BCUT2D eigenvalue weighted by molar-refractivity contribution is 1.05. The molecule has 18 aromatic heterocycles. The number of fused-ring (bicyclic) bond motifs is 15. The molecule has 24 rings (SSSR count). The standard InChI is InChI=1S/3C33H20N8/c1-2-13-24-23(12-1)28(37-33-29(24)36-27-16-5-8-19-41(27)33)21-10-9-11-22(20-21)30-38-31(25-14-3-6-17-34-25)40-32(39-30)26-15-4-7-18-35-26;1-2-13-26-25(12-1)28(37-33-29(26)36-27-14-3-4-17-41(27)33)21-8-5-9-22(18-21)30-38-31(23-10-6-15-34-19-23)40-32(39-30)24-11-7-16-35-20-24;1-2-11-26-25(10-1)28(37-33-29(26)36-27-12-3-4-18-41(27)33)22-7-5-8-23(19-22)31-38-30(21-13-16-34-17-14-21)39-32(40-31)24-9-6-15-35-20-24/h3*1-20H. The Labute approximate surface area is 698 Å². The van der Waals surface area contributed by atoms with Crippen molar-refractivity contribution in [2.45, 2.75) is 0 Å². The van der Waals surface area contributed by atoms with E-state index in [1.807, 2.05) is 244 Å². The van der Waals surface area contributed by atoms with Gasteiger partial charge in [0, 0.05) is 169 Å². The number of pyridine rings is 12. The van der Waals surface area contributed by atoms with Crippen LogP contribution in [0.5, 0.6) is 0 Å². The molecule has 0 fully saturated rings. The first-order chi connectivity index (χ1) is 60.9. The van der Waals surface area contributed by atoms with Gasteiger partial charge < -0.3 is 0 Å². The van der Waals surface area contributed by atoms with Crippen LogP contribution in [-0.4, -0.2) is 118 Å². The highest BCUT2D eigenvalue weighted by Crippen LogP contribution is 2.40. The second kappa shape index (κ2) is 31.1. The van der Waals surface area contributed by atoms with Crippen molar-refractivity contribution >= 4 is 82.8 Å². The van der Waals surface area contributed by atoms with Crippen molar-refractivity contribution in [2.75, 3.05) is 0 Å². The minimum atomic E-state index is 0.484. The lowest BCUT2D eigenvalue weighted by Crippen LogP contribution is -2.02. The molecular formula is C99H60N24. The Morgan fingerprint density at radius 3 is 0.805 bits per heavy atom. The van der Waals surface area contributed by atoms with Crippen LogP contribution in [0.15, 0.2) is 366 Å². The third kappa shape index (κ3) is 13.7. The van der Waals surface area contributed by atoms with E-state index in [1.54, 1.807) is 62.0 Å². The van der Waals surface area contributed by atoms with Gasteiger partial charge in [0.25, 0.3) is 0 Å². The molecule has 24 aromatic rings. The Kier molecular flexibility index (Phi) is 18.1. The van der Waals surface area contributed by atoms with Crippen molar-refractivity contribution in [1.29, 1.82) is 0 Å². The summed E-state index contributed by atoms with van der Waals surface area (Å²) in [5.74, 6) is 4.82. The van der Waals surface area contributed by atoms with Gasteiger partial charge in [-0.2, -0.15) is 0 Å². The van der Waals surface area contributed by atoms with E-state index in [-0.39, 0.29) is 0 Å². The fourth-order valence-electron chi connectivity index (χ4n) is 15.3. The molecule has 0 aliphatic carbocycles.